The summed E-state index contributed by atoms with van der Waals surface area (Å²) in [6.07, 6.45) is 1.79. The average Bonchev–Trinajstić information content (AvgIpc) is 2.48. The second-order valence-corrected chi connectivity index (χ2v) is 3.52. The Morgan fingerprint density at radius 3 is 2.79 bits per heavy atom. The molecule has 0 aromatic carbocycles. The van der Waals surface area contributed by atoms with Crippen molar-refractivity contribution in [1.29, 1.82) is 0 Å². The first-order chi connectivity index (χ1) is 6.56. The fourth-order valence-corrected chi connectivity index (χ4v) is 1.36. The Hall–Kier alpha value is -1.45. The van der Waals surface area contributed by atoms with Crippen molar-refractivity contribution in [3.8, 4) is 0 Å². The van der Waals surface area contributed by atoms with Crippen LogP contribution in [0.2, 0.25) is 0 Å². The predicted molar refractivity (Wildman–Crippen MR) is 57.2 cm³/mol. The molecule has 0 aliphatic heterocycles. The van der Waals surface area contributed by atoms with E-state index >= 15 is 0 Å². The molecule has 0 aliphatic rings. The zero-order valence-corrected chi connectivity index (χ0v) is 8.87. The number of carbonyl (C=O) groups is 1. The molecule has 1 rings (SSSR count). The van der Waals surface area contributed by atoms with Crippen LogP contribution in [0.15, 0.2) is 12.3 Å². The molecular weight excluding hydrogens is 178 g/mol. The molecule has 1 amide bonds. The van der Waals surface area contributed by atoms with Crippen LogP contribution in [0, 0.1) is 0 Å². The Morgan fingerprint density at radius 2 is 2.29 bits per heavy atom. The Balaban J connectivity index is 3.00. The van der Waals surface area contributed by atoms with Crippen LogP contribution in [-0.2, 0) is 0 Å². The number of nitrogens with two attached hydrogens (primary N) is 1. The molecule has 1 aromatic heterocycles. The van der Waals surface area contributed by atoms with Crippen LogP contribution in [0.1, 0.15) is 37.3 Å². The van der Waals surface area contributed by atoms with Crippen molar-refractivity contribution in [2.24, 2.45) is 0 Å². The van der Waals surface area contributed by atoms with Crippen LogP contribution in [0.5, 0.6) is 0 Å². The fourth-order valence-electron chi connectivity index (χ4n) is 1.36. The molecule has 1 aromatic rings. The van der Waals surface area contributed by atoms with Crippen LogP contribution in [0.4, 0.5) is 5.69 Å². The molecule has 14 heavy (non-hydrogen) atoms. The van der Waals surface area contributed by atoms with E-state index in [2.05, 4.69) is 5.32 Å². The number of hydrogen-bond donors (Lipinski definition) is 2. The molecule has 78 valence electrons. The first kappa shape index (κ1) is 10.6. The van der Waals surface area contributed by atoms with Gasteiger partial charge in [-0.25, -0.2) is 0 Å². The highest BCUT2D eigenvalue weighted by Gasteiger charge is 2.13. The summed E-state index contributed by atoms with van der Waals surface area (Å²) in [6.45, 7) is 6.55. The number of anilines is 1. The number of rotatable bonds is 3. The third-order valence-electron chi connectivity index (χ3n) is 2.00. The van der Waals surface area contributed by atoms with Gasteiger partial charge in [0.25, 0.3) is 5.91 Å². The lowest BCUT2D eigenvalue weighted by molar-refractivity contribution is 0.0945. The summed E-state index contributed by atoms with van der Waals surface area (Å²) in [6, 6.07) is 1.94. The lowest BCUT2D eigenvalue weighted by Gasteiger charge is -2.11. The van der Waals surface area contributed by atoms with Crippen molar-refractivity contribution in [2.75, 3.05) is 12.3 Å². The van der Waals surface area contributed by atoms with Gasteiger partial charge in [-0.1, -0.05) is 0 Å². The summed E-state index contributed by atoms with van der Waals surface area (Å²) in [5.74, 6) is -0.0714. The van der Waals surface area contributed by atoms with Crippen molar-refractivity contribution in [3.05, 3.63) is 18.0 Å². The zero-order chi connectivity index (χ0) is 10.7. The minimum Gasteiger partial charge on any atom is -0.397 e. The molecule has 0 spiro atoms. The van der Waals surface area contributed by atoms with Crippen molar-refractivity contribution < 1.29 is 4.79 Å². The highest BCUT2D eigenvalue weighted by molar-refractivity contribution is 5.93. The van der Waals surface area contributed by atoms with Crippen molar-refractivity contribution in [1.82, 2.24) is 9.88 Å². The van der Waals surface area contributed by atoms with Gasteiger partial charge in [-0.05, 0) is 26.8 Å². The van der Waals surface area contributed by atoms with Gasteiger partial charge in [0.05, 0.1) is 5.69 Å². The molecule has 0 saturated heterocycles. The van der Waals surface area contributed by atoms with E-state index in [0.29, 0.717) is 17.9 Å². The third kappa shape index (κ3) is 2.07. The monoisotopic (exact) mass is 195 g/mol. The van der Waals surface area contributed by atoms with E-state index in [-0.39, 0.29) is 11.9 Å². The van der Waals surface area contributed by atoms with Gasteiger partial charge in [0.1, 0.15) is 5.69 Å². The zero-order valence-electron chi connectivity index (χ0n) is 8.87. The number of nitrogens with one attached hydrogen (secondary N) is 1. The topological polar surface area (TPSA) is 60.1 Å². The van der Waals surface area contributed by atoms with E-state index in [4.69, 9.17) is 5.73 Å². The smallest absolute Gasteiger partial charge is 0.267 e. The molecule has 0 radical (unpaired) electrons. The van der Waals surface area contributed by atoms with Gasteiger partial charge in [0, 0.05) is 18.8 Å². The molecule has 0 fully saturated rings. The molecule has 0 bridgehead atoms. The average molecular weight is 195 g/mol. The molecule has 0 unspecified atom stereocenters. The van der Waals surface area contributed by atoms with E-state index < -0.39 is 0 Å². The molecule has 1 heterocycles. The highest BCUT2D eigenvalue weighted by atomic mass is 16.1. The second kappa shape index (κ2) is 4.17. The van der Waals surface area contributed by atoms with Gasteiger partial charge in [0.2, 0.25) is 0 Å². The van der Waals surface area contributed by atoms with E-state index in [1.165, 1.54) is 0 Å². The van der Waals surface area contributed by atoms with Crippen LogP contribution in [0.3, 0.4) is 0 Å². The van der Waals surface area contributed by atoms with Gasteiger partial charge in [0.15, 0.2) is 0 Å². The maximum absolute atomic E-state index is 11.6. The van der Waals surface area contributed by atoms with E-state index in [1.807, 2.05) is 25.3 Å². The van der Waals surface area contributed by atoms with Gasteiger partial charge in [-0.2, -0.15) is 0 Å². The molecule has 0 aliphatic carbocycles. The molecule has 4 heteroatoms. The maximum atomic E-state index is 11.6. The highest BCUT2D eigenvalue weighted by Crippen LogP contribution is 2.16. The van der Waals surface area contributed by atoms with Crippen LogP contribution < -0.4 is 11.1 Å². The number of amides is 1. The lowest BCUT2D eigenvalue weighted by Crippen LogP contribution is -2.25. The largest absolute Gasteiger partial charge is 0.397 e. The second-order valence-electron chi connectivity index (χ2n) is 3.52. The summed E-state index contributed by atoms with van der Waals surface area (Å²) in [5, 5.41) is 2.76. The normalized spacial score (nSPS) is 10.6. The SMILES string of the molecule is CCNC(=O)c1cc(N)cn1C(C)C. The number of nitrogens with zero attached hydrogens (tertiary/aromatic N) is 1. The Labute approximate surface area is 84.1 Å². The Morgan fingerprint density at radius 1 is 1.64 bits per heavy atom. The van der Waals surface area contributed by atoms with Gasteiger partial charge < -0.3 is 15.6 Å². The molecule has 0 atom stereocenters. The van der Waals surface area contributed by atoms with E-state index in [0.717, 1.165) is 0 Å². The number of carbonyl (C=O) groups excluding carboxylic acids is 1. The van der Waals surface area contributed by atoms with Crippen molar-refractivity contribution in [2.45, 2.75) is 26.8 Å². The molecular formula is C10H17N3O. The first-order valence-electron chi connectivity index (χ1n) is 4.81. The van der Waals surface area contributed by atoms with Gasteiger partial charge in [-0.3, -0.25) is 4.79 Å². The molecule has 3 N–H and O–H groups in total. The number of hydrogen-bond acceptors (Lipinski definition) is 2. The standard InChI is InChI=1S/C10H17N3O/c1-4-12-10(14)9-5-8(11)6-13(9)7(2)3/h5-7H,4,11H2,1-3H3,(H,12,14). The summed E-state index contributed by atoms with van der Waals surface area (Å²) >= 11 is 0. The van der Waals surface area contributed by atoms with E-state index in [9.17, 15) is 4.79 Å². The summed E-state index contributed by atoms with van der Waals surface area (Å²) in [5.41, 5.74) is 6.90. The van der Waals surface area contributed by atoms with Gasteiger partial charge >= 0.3 is 0 Å². The Kier molecular flexibility index (Phi) is 3.17. The summed E-state index contributed by atoms with van der Waals surface area (Å²) in [7, 11) is 0. The summed E-state index contributed by atoms with van der Waals surface area (Å²) < 4.78 is 1.88. The lowest BCUT2D eigenvalue weighted by atomic mass is 10.3. The maximum Gasteiger partial charge on any atom is 0.267 e. The van der Waals surface area contributed by atoms with Gasteiger partial charge in [-0.15, -0.1) is 0 Å². The third-order valence-corrected chi connectivity index (χ3v) is 2.00. The van der Waals surface area contributed by atoms with Crippen LogP contribution in [0.25, 0.3) is 0 Å². The molecule has 4 nitrogen and oxygen atoms in total. The molecule has 0 saturated carbocycles. The van der Waals surface area contributed by atoms with Crippen LogP contribution in [-0.4, -0.2) is 17.0 Å². The van der Waals surface area contributed by atoms with Crippen molar-refractivity contribution in [3.63, 3.8) is 0 Å². The Bertz CT molecular complexity index is 328. The number of nitrogen functional groups attached to an aromatic ring is 1. The predicted octanol–water partition coefficient (Wildman–Crippen LogP) is 1.40. The minimum absolute atomic E-state index is 0.0714. The fraction of sp³-hybridized carbons (Fsp3) is 0.500. The van der Waals surface area contributed by atoms with Crippen molar-refractivity contribution >= 4 is 11.6 Å². The number of aromatic nitrogens is 1. The van der Waals surface area contributed by atoms with Crippen LogP contribution >= 0.6 is 0 Å². The quantitative estimate of drug-likeness (QED) is 0.766. The minimum atomic E-state index is -0.0714. The summed E-state index contributed by atoms with van der Waals surface area (Å²) in [4.78, 5) is 11.6. The first-order valence-corrected chi connectivity index (χ1v) is 4.81. The van der Waals surface area contributed by atoms with E-state index in [1.54, 1.807) is 12.3 Å².